The molecule has 16 heavy (non-hydrogen) atoms. The van der Waals surface area contributed by atoms with Gasteiger partial charge in [-0.2, -0.15) is 10.2 Å². The maximum atomic E-state index is 13.9. The van der Waals surface area contributed by atoms with Crippen LogP contribution in [0.2, 0.25) is 0 Å². The summed E-state index contributed by atoms with van der Waals surface area (Å²) in [6.07, 6.45) is 5.78. The van der Waals surface area contributed by atoms with Gasteiger partial charge in [-0.1, -0.05) is 20.8 Å². The number of hydrogen-bond donors (Lipinski definition) is 0. The molecule has 1 heterocycles. The molecule has 4 heteroatoms. The lowest BCUT2D eigenvalue weighted by atomic mass is 9.86. The highest BCUT2D eigenvalue weighted by Gasteiger charge is 2.61. The van der Waals surface area contributed by atoms with Crippen molar-refractivity contribution in [1.82, 2.24) is 0 Å². The van der Waals surface area contributed by atoms with Crippen LogP contribution < -0.4 is 0 Å². The van der Waals surface area contributed by atoms with Crippen LogP contribution in [0.4, 0.5) is 8.78 Å². The predicted octanol–water partition coefficient (Wildman–Crippen LogP) is 4.02. The Hall–Kier alpha value is -0.980. The summed E-state index contributed by atoms with van der Waals surface area (Å²) in [6.45, 7) is 5.83. The van der Waals surface area contributed by atoms with Gasteiger partial charge in [-0.25, -0.2) is 8.78 Å². The van der Waals surface area contributed by atoms with E-state index in [0.29, 0.717) is 6.42 Å². The Balaban J connectivity index is 2.54. The molecule has 0 bridgehead atoms. The van der Waals surface area contributed by atoms with Gasteiger partial charge in [0.15, 0.2) is 0 Å². The van der Waals surface area contributed by atoms with Crippen LogP contribution in [-0.2, 0) is 0 Å². The van der Waals surface area contributed by atoms with Crippen LogP contribution in [0.3, 0.4) is 0 Å². The van der Waals surface area contributed by atoms with Crippen molar-refractivity contribution >= 4 is 0 Å². The molecule has 0 amide bonds. The lowest BCUT2D eigenvalue weighted by Crippen LogP contribution is -2.37. The van der Waals surface area contributed by atoms with Crippen LogP contribution in [0.15, 0.2) is 10.2 Å². The minimum absolute atomic E-state index is 0.106. The van der Waals surface area contributed by atoms with Crippen molar-refractivity contribution in [3.8, 4) is 12.3 Å². The van der Waals surface area contributed by atoms with Gasteiger partial charge in [0, 0.05) is 19.3 Å². The average Bonchev–Trinajstić information content (AvgIpc) is 2.92. The van der Waals surface area contributed by atoms with E-state index in [4.69, 9.17) is 6.42 Å². The van der Waals surface area contributed by atoms with Gasteiger partial charge < -0.3 is 0 Å². The maximum absolute atomic E-state index is 13.9. The molecule has 0 aromatic carbocycles. The highest BCUT2D eigenvalue weighted by atomic mass is 19.3. The minimum Gasteiger partial charge on any atom is -0.202 e. The number of nitrogens with zero attached hydrogens (tertiary/aromatic N) is 2. The quantitative estimate of drug-likeness (QED) is 0.635. The molecule has 1 aliphatic heterocycles. The van der Waals surface area contributed by atoms with E-state index in [2.05, 4.69) is 16.1 Å². The second kappa shape index (κ2) is 4.12. The fraction of sp³-hybridized carbons (Fsp3) is 0.833. The normalized spacial score (nSPS) is 18.2. The van der Waals surface area contributed by atoms with Crippen LogP contribution in [0, 0.1) is 17.8 Å². The van der Waals surface area contributed by atoms with E-state index in [1.165, 1.54) is 0 Å². The van der Waals surface area contributed by atoms with Gasteiger partial charge >= 0.3 is 0 Å². The van der Waals surface area contributed by atoms with Crippen molar-refractivity contribution in [2.24, 2.45) is 15.6 Å². The first kappa shape index (κ1) is 13.1. The molecular formula is C12H18F2N2. The predicted molar refractivity (Wildman–Crippen MR) is 59.3 cm³/mol. The number of terminal acetylenes is 1. The van der Waals surface area contributed by atoms with Crippen molar-refractivity contribution in [2.75, 3.05) is 0 Å². The second-order valence-electron chi connectivity index (χ2n) is 5.49. The van der Waals surface area contributed by atoms with Crippen LogP contribution >= 0.6 is 0 Å². The van der Waals surface area contributed by atoms with Gasteiger partial charge in [-0.15, -0.1) is 12.3 Å². The zero-order valence-corrected chi connectivity index (χ0v) is 10.1. The first-order chi connectivity index (χ1) is 7.22. The average molecular weight is 228 g/mol. The van der Waals surface area contributed by atoms with Gasteiger partial charge in [-0.3, -0.25) is 0 Å². The molecule has 90 valence electrons. The van der Waals surface area contributed by atoms with E-state index in [1.54, 1.807) is 0 Å². The Bertz CT molecular complexity index is 315. The molecule has 1 aliphatic rings. The lowest BCUT2D eigenvalue weighted by molar-refractivity contribution is -0.0613. The first-order valence-corrected chi connectivity index (χ1v) is 5.48. The van der Waals surface area contributed by atoms with Gasteiger partial charge in [0.05, 0.1) is 0 Å². The Morgan fingerprint density at radius 3 is 2.12 bits per heavy atom. The third-order valence-electron chi connectivity index (χ3n) is 2.73. The Morgan fingerprint density at radius 1 is 1.19 bits per heavy atom. The minimum atomic E-state index is -2.86. The number of alkyl halides is 2. The second-order valence-corrected chi connectivity index (χ2v) is 5.49. The smallest absolute Gasteiger partial charge is 0.202 e. The Kier molecular flexibility index (Phi) is 3.37. The zero-order chi connectivity index (χ0) is 12.4. The summed E-state index contributed by atoms with van der Waals surface area (Å²) in [6, 6.07) is 0. The summed E-state index contributed by atoms with van der Waals surface area (Å²) in [5.41, 5.74) is -1.61. The third-order valence-corrected chi connectivity index (χ3v) is 2.73. The van der Waals surface area contributed by atoms with Crippen molar-refractivity contribution in [1.29, 1.82) is 0 Å². The van der Waals surface area contributed by atoms with Crippen molar-refractivity contribution in [2.45, 2.75) is 58.0 Å². The van der Waals surface area contributed by atoms with E-state index in [-0.39, 0.29) is 24.7 Å². The Morgan fingerprint density at radius 2 is 1.75 bits per heavy atom. The van der Waals surface area contributed by atoms with E-state index in [0.717, 1.165) is 0 Å². The van der Waals surface area contributed by atoms with Crippen molar-refractivity contribution in [3.05, 3.63) is 0 Å². The molecule has 0 saturated carbocycles. The zero-order valence-electron chi connectivity index (χ0n) is 10.1. The molecule has 0 saturated heterocycles. The molecule has 2 nitrogen and oxygen atoms in total. The monoisotopic (exact) mass is 228 g/mol. The molecule has 0 atom stereocenters. The molecule has 1 rings (SSSR count). The molecule has 0 aliphatic carbocycles. The first-order valence-electron chi connectivity index (χ1n) is 5.48. The fourth-order valence-corrected chi connectivity index (χ4v) is 1.47. The van der Waals surface area contributed by atoms with Gasteiger partial charge in [0.25, 0.3) is 11.6 Å². The molecule has 0 fully saturated rings. The molecule has 0 N–H and O–H groups in total. The highest BCUT2D eigenvalue weighted by molar-refractivity contribution is 5.07. The molecule has 0 spiro atoms. The summed E-state index contributed by atoms with van der Waals surface area (Å²) in [5, 5.41) is 7.05. The summed E-state index contributed by atoms with van der Waals surface area (Å²) >= 11 is 0. The molecular weight excluding hydrogens is 210 g/mol. The highest BCUT2D eigenvalue weighted by Crippen LogP contribution is 2.49. The summed E-state index contributed by atoms with van der Waals surface area (Å²) in [7, 11) is 0. The van der Waals surface area contributed by atoms with E-state index in [9.17, 15) is 8.78 Å². The molecule has 0 aromatic heterocycles. The number of hydrogen-bond acceptors (Lipinski definition) is 2. The van der Waals surface area contributed by atoms with Crippen LogP contribution in [0.5, 0.6) is 0 Å². The molecule has 0 aromatic rings. The maximum Gasteiger partial charge on any atom is 0.296 e. The van der Waals surface area contributed by atoms with Crippen molar-refractivity contribution in [3.63, 3.8) is 0 Å². The van der Waals surface area contributed by atoms with Crippen molar-refractivity contribution < 1.29 is 8.78 Å². The SMILES string of the molecule is C#CCCC1(C(F)(F)CCC(C)(C)C)N=N1. The standard InChI is InChI=1S/C12H18F2N2/c1-5-6-7-12(15-16-12)11(13,14)9-8-10(2,3)4/h1H,6-9H2,2-4H3. The van der Waals surface area contributed by atoms with Gasteiger partial charge in [-0.05, 0) is 11.8 Å². The van der Waals surface area contributed by atoms with E-state index in [1.807, 2.05) is 20.8 Å². The van der Waals surface area contributed by atoms with Crippen LogP contribution in [0.25, 0.3) is 0 Å². The van der Waals surface area contributed by atoms with Crippen LogP contribution in [0.1, 0.15) is 46.5 Å². The summed E-state index contributed by atoms with van der Waals surface area (Å²) < 4.78 is 27.7. The summed E-state index contributed by atoms with van der Waals surface area (Å²) in [5.74, 6) is -0.509. The topological polar surface area (TPSA) is 24.7 Å². The molecule has 0 unspecified atom stereocenters. The molecule has 0 radical (unpaired) electrons. The van der Waals surface area contributed by atoms with Gasteiger partial charge in [0.1, 0.15) is 0 Å². The van der Waals surface area contributed by atoms with Gasteiger partial charge in [0.2, 0.25) is 0 Å². The number of rotatable bonds is 5. The van der Waals surface area contributed by atoms with Crippen LogP contribution in [-0.4, -0.2) is 11.6 Å². The fourth-order valence-electron chi connectivity index (χ4n) is 1.47. The third kappa shape index (κ3) is 3.01. The van der Waals surface area contributed by atoms with E-state index < -0.39 is 11.6 Å². The Labute approximate surface area is 95.5 Å². The number of halogens is 2. The van der Waals surface area contributed by atoms with E-state index >= 15 is 0 Å². The largest absolute Gasteiger partial charge is 0.296 e. The lowest BCUT2D eigenvalue weighted by Gasteiger charge is -2.26. The summed E-state index contributed by atoms with van der Waals surface area (Å²) in [4.78, 5) is 0.